The van der Waals surface area contributed by atoms with Crippen molar-refractivity contribution in [3.63, 3.8) is 0 Å². The Bertz CT molecular complexity index is 297. The average molecular weight is 211 g/mol. The molecule has 78 valence electrons. The first kappa shape index (κ1) is 10.1. The lowest BCUT2D eigenvalue weighted by molar-refractivity contribution is 0.411. The van der Waals surface area contributed by atoms with Crippen LogP contribution in [0.2, 0.25) is 0 Å². The third-order valence-corrected chi connectivity index (χ3v) is 3.77. The van der Waals surface area contributed by atoms with Crippen LogP contribution >= 0.6 is 11.3 Å². The Morgan fingerprint density at radius 3 is 3.21 bits per heavy atom. The molecule has 1 aliphatic rings. The molecule has 2 heterocycles. The van der Waals surface area contributed by atoms with E-state index in [1.165, 1.54) is 23.7 Å². The van der Waals surface area contributed by atoms with Gasteiger partial charge in [-0.05, 0) is 26.6 Å². The summed E-state index contributed by atoms with van der Waals surface area (Å²) in [5.41, 5.74) is 6.67. The molecule has 0 aliphatic carbocycles. The Kier molecular flexibility index (Phi) is 3.15. The largest absolute Gasteiger partial charge is 0.330 e. The molecule has 1 saturated heterocycles. The van der Waals surface area contributed by atoms with Crippen molar-refractivity contribution in [1.29, 1.82) is 0 Å². The number of hydrogen-bond acceptors (Lipinski definition) is 4. The molecule has 0 aromatic carbocycles. The number of nitrogens with zero attached hydrogens (tertiary/aromatic N) is 2. The number of hydrogen-bond donors (Lipinski definition) is 1. The molecule has 14 heavy (non-hydrogen) atoms. The van der Waals surface area contributed by atoms with Crippen LogP contribution in [0.4, 0.5) is 0 Å². The van der Waals surface area contributed by atoms with Crippen molar-refractivity contribution < 1.29 is 0 Å². The van der Waals surface area contributed by atoms with E-state index in [1.54, 1.807) is 11.3 Å². The second-order valence-electron chi connectivity index (χ2n) is 3.96. The van der Waals surface area contributed by atoms with E-state index in [0.29, 0.717) is 12.5 Å². The molecule has 0 spiro atoms. The highest BCUT2D eigenvalue weighted by molar-refractivity contribution is 7.09. The van der Waals surface area contributed by atoms with Gasteiger partial charge in [-0.3, -0.25) is 0 Å². The second-order valence-corrected chi connectivity index (χ2v) is 4.85. The average Bonchev–Trinajstić information content (AvgIpc) is 2.74. The SMILES string of the molecule is CN1CCC(c2nc(CCN)cs2)C1. The first-order valence-corrected chi connectivity index (χ1v) is 6.00. The zero-order valence-electron chi connectivity index (χ0n) is 8.57. The summed E-state index contributed by atoms with van der Waals surface area (Å²) in [6.45, 7) is 3.07. The fourth-order valence-corrected chi connectivity index (χ4v) is 2.89. The minimum atomic E-state index is 0.663. The quantitative estimate of drug-likeness (QED) is 0.813. The Morgan fingerprint density at radius 1 is 1.71 bits per heavy atom. The highest BCUT2D eigenvalue weighted by Crippen LogP contribution is 2.28. The van der Waals surface area contributed by atoms with Gasteiger partial charge in [-0.1, -0.05) is 0 Å². The van der Waals surface area contributed by atoms with Crippen LogP contribution in [0.3, 0.4) is 0 Å². The van der Waals surface area contributed by atoms with E-state index in [2.05, 4.69) is 22.3 Å². The van der Waals surface area contributed by atoms with E-state index in [0.717, 1.165) is 13.0 Å². The molecular formula is C10H17N3S. The topological polar surface area (TPSA) is 42.2 Å². The summed E-state index contributed by atoms with van der Waals surface area (Å²) >= 11 is 1.80. The van der Waals surface area contributed by atoms with Gasteiger partial charge in [0.1, 0.15) is 0 Å². The molecule has 4 heteroatoms. The maximum Gasteiger partial charge on any atom is 0.0972 e. The predicted octanol–water partition coefficient (Wildman–Crippen LogP) is 1.06. The van der Waals surface area contributed by atoms with Crippen molar-refractivity contribution in [3.05, 3.63) is 16.1 Å². The lowest BCUT2D eigenvalue weighted by atomic mass is 10.1. The fraction of sp³-hybridized carbons (Fsp3) is 0.700. The van der Waals surface area contributed by atoms with Crippen molar-refractivity contribution >= 4 is 11.3 Å². The van der Waals surface area contributed by atoms with Gasteiger partial charge >= 0.3 is 0 Å². The Hall–Kier alpha value is -0.450. The predicted molar refractivity (Wildman–Crippen MR) is 59.7 cm³/mol. The van der Waals surface area contributed by atoms with Crippen LogP contribution in [0.15, 0.2) is 5.38 Å². The summed E-state index contributed by atoms with van der Waals surface area (Å²) in [4.78, 5) is 7.00. The summed E-state index contributed by atoms with van der Waals surface area (Å²) < 4.78 is 0. The minimum absolute atomic E-state index is 0.663. The smallest absolute Gasteiger partial charge is 0.0972 e. The van der Waals surface area contributed by atoms with Crippen LogP contribution in [0.25, 0.3) is 0 Å². The standard InChI is InChI=1S/C10H17N3S/c1-13-5-3-8(6-13)10-12-9(2-4-11)7-14-10/h7-8H,2-6,11H2,1H3. The number of likely N-dealkylation sites (tertiary alicyclic amines) is 1. The van der Waals surface area contributed by atoms with Crippen molar-refractivity contribution in [1.82, 2.24) is 9.88 Å². The highest BCUT2D eigenvalue weighted by Gasteiger charge is 2.23. The lowest BCUT2D eigenvalue weighted by Gasteiger charge is -2.06. The van der Waals surface area contributed by atoms with Gasteiger partial charge in [-0.25, -0.2) is 4.98 Å². The van der Waals surface area contributed by atoms with E-state index in [4.69, 9.17) is 5.73 Å². The van der Waals surface area contributed by atoms with E-state index >= 15 is 0 Å². The van der Waals surface area contributed by atoms with Crippen LogP contribution in [0.5, 0.6) is 0 Å². The number of likely N-dealkylation sites (N-methyl/N-ethyl adjacent to an activating group) is 1. The Balaban J connectivity index is 2.02. The molecular weight excluding hydrogens is 194 g/mol. The molecule has 0 bridgehead atoms. The number of aromatic nitrogens is 1. The molecule has 2 N–H and O–H groups in total. The van der Waals surface area contributed by atoms with Gasteiger partial charge in [-0.15, -0.1) is 11.3 Å². The number of rotatable bonds is 3. The molecule has 1 aromatic rings. The summed E-state index contributed by atoms with van der Waals surface area (Å²) in [6.07, 6.45) is 2.17. The minimum Gasteiger partial charge on any atom is -0.330 e. The zero-order valence-corrected chi connectivity index (χ0v) is 9.39. The molecule has 0 saturated carbocycles. The monoisotopic (exact) mass is 211 g/mol. The molecule has 0 amide bonds. The van der Waals surface area contributed by atoms with Crippen molar-refractivity contribution in [3.8, 4) is 0 Å². The fourth-order valence-electron chi connectivity index (χ4n) is 1.91. The van der Waals surface area contributed by atoms with Gasteiger partial charge in [-0.2, -0.15) is 0 Å². The van der Waals surface area contributed by atoms with Gasteiger partial charge in [0.05, 0.1) is 10.7 Å². The van der Waals surface area contributed by atoms with Crippen LogP contribution in [0.1, 0.15) is 23.0 Å². The molecule has 2 rings (SSSR count). The van der Waals surface area contributed by atoms with Crippen LogP contribution < -0.4 is 5.73 Å². The Morgan fingerprint density at radius 2 is 2.57 bits per heavy atom. The van der Waals surface area contributed by atoms with Gasteiger partial charge < -0.3 is 10.6 Å². The van der Waals surface area contributed by atoms with Gasteiger partial charge in [0.25, 0.3) is 0 Å². The van der Waals surface area contributed by atoms with Gasteiger partial charge in [0, 0.05) is 24.3 Å². The maximum atomic E-state index is 5.50. The summed E-state index contributed by atoms with van der Waals surface area (Å²) in [7, 11) is 2.18. The molecule has 1 aromatic heterocycles. The molecule has 3 nitrogen and oxygen atoms in total. The Labute approximate surface area is 88.9 Å². The molecule has 1 atom stereocenters. The molecule has 1 fully saturated rings. The van der Waals surface area contributed by atoms with Gasteiger partial charge in [0.15, 0.2) is 0 Å². The van der Waals surface area contributed by atoms with Crippen molar-refractivity contribution in [2.45, 2.75) is 18.8 Å². The first-order valence-electron chi connectivity index (χ1n) is 5.12. The van der Waals surface area contributed by atoms with E-state index in [1.807, 2.05) is 0 Å². The van der Waals surface area contributed by atoms with E-state index in [-0.39, 0.29) is 0 Å². The number of thiazole rings is 1. The molecule has 1 unspecified atom stereocenters. The maximum absolute atomic E-state index is 5.50. The van der Waals surface area contributed by atoms with E-state index in [9.17, 15) is 0 Å². The van der Waals surface area contributed by atoms with Crippen molar-refractivity contribution in [2.75, 3.05) is 26.7 Å². The van der Waals surface area contributed by atoms with Crippen molar-refractivity contribution in [2.24, 2.45) is 5.73 Å². The third-order valence-electron chi connectivity index (χ3n) is 2.71. The first-order chi connectivity index (χ1) is 6.79. The highest BCUT2D eigenvalue weighted by atomic mass is 32.1. The van der Waals surface area contributed by atoms with Crippen LogP contribution in [0, 0.1) is 0 Å². The summed E-state index contributed by atoms with van der Waals surface area (Å²) in [5, 5.41) is 3.46. The van der Waals surface area contributed by atoms with Gasteiger partial charge in [0.2, 0.25) is 0 Å². The molecule has 0 radical (unpaired) electrons. The van der Waals surface area contributed by atoms with Crippen LogP contribution in [-0.4, -0.2) is 36.6 Å². The zero-order chi connectivity index (χ0) is 9.97. The summed E-state index contributed by atoms with van der Waals surface area (Å²) in [5.74, 6) is 0.663. The second kappa shape index (κ2) is 4.38. The lowest BCUT2D eigenvalue weighted by Crippen LogP contribution is -2.13. The summed E-state index contributed by atoms with van der Waals surface area (Å²) in [6, 6.07) is 0. The number of nitrogens with two attached hydrogens (primary N) is 1. The van der Waals surface area contributed by atoms with Crippen LogP contribution in [-0.2, 0) is 6.42 Å². The van der Waals surface area contributed by atoms with E-state index < -0.39 is 0 Å². The molecule has 1 aliphatic heterocycles. The third kappa shape index (κ3) is 2.13. The normalized spacial score (nSPS) is 23.1.